The lowest BCUT2D eigenvalue weighted by atomic mass is 10.3. The van der Waals surface area contributed by atoms with E-state index in [1.54, 1.807) is 24.8 Å². The largest absolute Gasteiger partial charge is 0.480 e. The van der Waals surface area contributed by atoms with Gasteiger partial charge in [-0.2, -0.15) is 0 Å². The SMILES string of the molecule is COC[C@@H](O)c1nnc(-c2c(-n3ccnc3)c3nc(OC)c(Cl)cc3n2C)[nH]1. The van der Waals surface area contributed by atoms with E-state index in [-0.39, 0.29) is 6.61 Å². The van der Waals surface area contributed by atoms with Crippen molar-refractivity contribution in [2.45, 2.75) is 6.10 Å². The van der Waals surface area contributed by atoms with Crippen LogP contribution in [0.2, 0.25) is 5.02 Å². The molecule has 0 saturated carbocycles. The molecule has 0 fully saturated rings. The van der Waals surface area contributed by atoms with E-state index < -0.39 is 6.10 Å². The first kappa shape index (κ1) is 18.4. The number of aliphatic hydroxyl groups excluding tert-OH is 1. The van der Waals surface area contributed by atoms with E-state index in [2.05, 4.69) is 25.1 Å². The van der Waals surface area contributed by atoms with Gasteiger partial charge in [-0.25, -0.2) is 9.97 Å². The summed E-state index contributed by atoms with van der Waals surface area (Å²) in [6.07, 6.45) is 4.23. The van der Waals surface area contributed by atoms with Gasteiger partial charge in [-0.1, -0.05) is 11.6 Å². The van der Waals surface area contributed by atoms with Gasteiger partial charge in [0, 0.05) is 26.6 Å². The number of nitrogens with one attached hydrogen (secondary N) is 1. The average Bonchev–Trinajstić information content (AvgIpc) is 3.41. The Kier molecular flexibility index (Phi) is 4.75. The first-order valence-corrected chi connectivity index (χ1v) is 8.74. The van der Waals surface area contributed by atoms with Crippen molar-refractivity contribution in [3.8, 4) is 23.1 Å². The molecule has 0 aliphatic heterocycles. The quantitative estimate of drug-likeness (QED) is 0.505. The van der Waals surface area contributed by atoms with Gasteiger partial charge in [0.05, 0.1) is 25.6 Å². The Hall–Kier alpha value is -2.95. The Bertz CT molecular complexity index is 1120. The zero-order valence-corrected chi connectivity index (χ0v) is 16.2. The Morgan fingerprint density at radius 1 is 1.32 bits per heavy atom. The minimum absolute atomic E-state index is 0.104. The summed E-state index contributed by atoms with van der Waals surface area (Å²) < 4.78 is 14.0. The minimum atomic E-state index is -0.912. The highest BCUT2D eigenvalue weighted by molar-refractivity contribution is 6.32. The molecule has 10 nitrogen and oxygen atoms in total. The average molecular weight is 404 g/mol. The molecule has 1 atom stereocenters. The standard InChI is InChI=1S/C17H18ClN7O3/c1-24-10-6-9(18)17(28-3)20-12(10)13(25-5-4-19-8-25)14(24)16-21-15(22-23-16)11(26)7-27-2/h4-6,8,11,26H,7H2,1-3H3,(H,21,22,23)/t11-/m1/s1. The highest BCUT2D eigenvalue weighted by Gasteiger charge is 2.25. The molecule has 146 valence electrons. The molecular formula is C17H18ClN7O3. The number of hydrogen-bond donors (Lipinski definition) is 2. The molecule has 0 amide bonds. The van der Waals surface area contributed by atoms with Gasteiger partial charge in [-0.05, 0) is 6.07 Å². The van der Waals surface area contributed by atoms with Gasteiger partial charge in [0.2, 0.25) is 5.88 Å². The number of aromatic amines is 1. The monoisotopic (exact) mass is 403 g/mol. The summed E-state index contributed by atoms with van der Waals surface area (Å²) in [5, 5.41) is 18.8. The smallest absolute Gasteiger partial charge is 0.233 e. The predicted octanol–water partition coefficient (Wildman–Crippen LogP) is 1.89. The van der Waals surface area contributed by atoms with E-state index in [0.29, 0.717) is 33.8 Å². The van der Waals surface area contributed by atoms with E-state index in [4.69, 9.17) is 21.1 Å². The van der Waals surface area contributed by atoms with Crippen molar-refractivity contribution >= 4 is 22.6 Å². The third-order valence-electron chi connectivity index (χ3n) is 4.39. The summed E-state index contributed by atoms with van der Waals surface area (Å²) >= 11 is 6.29. The zero-order chi connectivity index (χ0) is 19.8. The minimum Gasteiger partial charge on any atom is -0.480 e. The number of aryl methyl sites for hydroxylation is 1. The van der Waals surface area contributed by atoms with E-state index in [1.165, 1.54) is 14.2 Å². The van der Waals surface area contributed by atoms with E-state index in [9.17, 15) is 5.11 Å². The number of halogens is 1. The van der Waals surface area contributed by atoms with Crippen molar-refractivity contribution in [1.82, 2.24) is 34.3 Å². The second-order valence-corrected chi connectivity index (χ2v) is 6.51. The first-order valence-electron chi connectivity index (χ1n) is 8.36. The van der Waals surface area contributed by atoms with Gasteiger partial charge in [0.25, 0.3) is 0 Å². The molecule has 4 rings (SSSR count). The van der Waals surface area contributed by atoms with Gasteiger partial charge in [0.1, 0.15) is 28.0 Å². The number of pyridine rings is 1. The second kappa shape index (κ2) is 7.23. The van der Waals surface area contributed by atoms with Crippen molar-refractivity contribution in [3.05, 3.63) is 35.6 Å². The fraction of sp³-hybridized carbons (Fsp3) is 0.294. The number of imidazole rings is 1. The molecule has 0 aromatic carbocycles. The Morgan fingerprint density at radius 2 is 2.14 bits per heavy atom. The third kappa shape index (κ3) is 2.91. The fourth-order valence-electron chi connectivity index (χ4n) is 3.10. The highest BCUT2D eigenvalue weighted by Crippen LogP contribution is 2.37. The van der Waals surface area contributed by atoms with Crippen molar-refractivity contribution < 1.29 is 14.6 Å². The molecule has 0 aliphatic carbocycles. The number of aliphatic hydroxyl groups is 1. The van der Waals surface area contributed by atoms with Crippen LogP contribution in [0, 0.1) is 0 Å². The van der Waals surface area contributed by atoms with E-state index in [1.807, 2.05) is 16.2 Å². The van der Waals surface area contributed by atoms with Crippen LogP contribution in [0.15, 0.2) is 24.8 Å². The number of rotatable bonds is 6. The lowest BCUT2D eigenvalue weighted by molar-refractivity contribution is 0.0590. The number of fused-ring (bicyclic) bond motifs is 1. The second-order valence-electron chi connectivity index (χ2n) is 6.10. The maximum Gasteiger partial charge on any atom is 0.233 e. The Labute approximate surface area is 164 Å². The summed E-state index contributed by atoms with van der Waals surface area (Å²) in [5.74, 6) is 1.09. The number of H-pyrrole nitrogens is 1. The molecule has 0 saturated heterocycles. The summed E-state index contributed by atoms with van der Waals surface area (Å²) in [4.78, 5) is 11.8. The number of methoxy groups -OCH3 is 2. The first-order chi connectivity index (χ1) is 13.5. The van der Waals surface area contributed by atoms with Crippen LogP contribution in [0.1, 0.15) is 11.9 Å². The summed E-state index contributed by atoms with van der Waals surface area (Å²) in [6.45, 7) is 0.104. The molecule has 0 unspecified atom stereocenters. The maximum absolute atomic E-state index is 10.1. The zero-order valence-electron chi connectivity index (χ0n) is 15.4. The molecule has 4 aromatic rings. The third-order valence-corrected chi connectivity index (χ3v) is 4.66. The molecule has 2 N–H and O–H groups in total. The Balaban J connectivity index is 1.98. The van der Waals surface area contributed by atoms with Crippen molar-refractivity contribution in [2.75, 3.05) is 20.8 Å². The lowest BCUT2D eigenvalue weighted by Crippen LogP contribution is -2.07. The van der Waals surface area contributed by atoms with Gasteiger partial charge in [-0.15, -0.1) is 10.2 Å². The normalized spacial score (nSPS) is 12.6. The van der Waals surface area contributed by atoms with Crippen LogP contribution in [-0.2, 0) is 11.8 Å². The number of ether oxygens (including phenoxy) is 2. The van der Waals surface area contributed by atoms with Crippen molar-refractivity contribution in [3.63, 3.8) is 0 Å². The van der Waals surface area contributed by atoms with Gasteiger partial charge < -0.3 is 28.7 Å². The van der Waals surface area contributed by atoms with Crippen molar-refractivity contribution in [1.29, 1.82) is 0 Å². The molecule has 0 bridgehead atoms. The molecular weight excluding hydrogens is 386 g/mol. The molecule has 4 heterocycles. The molecule has 28 heavy (non-hydrogen) atoms. The molecule has 0 spiro atoms. The summed E-state index contributed by atoms with van der Waals surface area (Å²) in [6, 6.07) is 1.78. The highest BCUT2D eigenvalue weighted by atomic mass is 35.5. The van der Waals surface area contributed by atoms with E-state index in [0.717, 1.165) is 11.2 Å². The topological polar surface area (TPSA) is 116 Å². The summed E-state index contributed by atoms with van der Waals surface area (Å²) in [5.41, 5.74) is 2.87. The maximum atomic E-state index is 10.1. The summed E-state index contributed by atoms with van der Waals surface area (Å²) in [7, 11) is 4.89. The van der Waals surface area contributed by atoms with Crippen LogP contribution in [0.4, 0.5) is 0 Å². The molecule has 0 radical (unpaired) electrons. The molecule has 4 aromatic heterocycles. The van der Waals surface area contributed by atoms with Crippen molar-refractivity contribution in [2.24, 2.45) is 7.05 Å². The number of nitrogens with zero attached hydrogens (tertiary/aromatic N) is 6. The van der Waals surface area contributed by atoms with Crippen LogP contribution >= 0.6 is 11.6 Å². The molecule has 0 aliphatic rings. The van der Waals surface area contributed by atoms with Crippen LogP contribution in [-0.4, -0.2) is 60.2 Å². The van der Waals surface area contributed by atoms with Crippen LogP contribution in [0.3, 0.4) is 0 Å². The van der Waals surface area contributed by atoms with Crippen LogP contribution < -0.4 is 4.74 Å². The van der Waals surface area contributed by atoms with E-state index >= 15 is 0 Å². The lowest BCUT2D eigenvalue weighted by Gasteiger charge is -2.06. The fourth-order valence-corrected chi connectivity index (χ4v) is 3.33. The van der Waals surface area contributed by atoms with Crippen LogP contribution in [0.5, 0.6) is 5.88 Å². The predicted molar refractivity (Wildman–Crippen MR) is 102 cm³/mol. The Morgan fingerprint density at radius 3 is 2.82 bits per heavy atom. The number of hydrogen-bond acceptors (Lipinski definition) is 7. The van der Waals surface area contributed by atoms with Crippen LogP contribution in [0.25, 0.3) is 28.2 Å². The van der Waals surface area contributed by atoms with Gasteiger partial charge in [0.15, 0.2) is 11.6 Å². The van der Waals surface area contributed by atoms with Gasteiger partial charge in [-0.3, -0.25) is 0 Å². The van der Waals surface area contributed by atoms with Gasteiger partial charge >= 0.3 is 0 Å². The molecule has 11 heteroatoms. The number of aromatic nitrogens is 7.